The SMILES string of the molecule is COc1c(NC(=O)Nc2ccc3[nH]c(-c4ccc(C5CCCC5)cc4)nc3c2)ccc2c1C=CC(C)(C)O2. The predicted molar refractivity (Wildman–Crippen MR) is 152 cm³/mol. The fraction of sp³-hybridized carbons (Fsp3) is 0.290. The van der Waals surface area contributed by atoms with E-state index in [0.29, 0.717) is 28.8 Å². The third kappa shape index (κ3) is 4.72. The molecule has 1 saturated carbocycles. The molecule has 6 rings (SSSR count). The molecule has 3 N–H and O–H groups in total. The summed E-state index contributed by atoms with van der Waals surface area (Å²) in [6.07, 6.45) is 9.17. The van der Waals surface area contributed by atoms with Crippen molar-refractivity contribution in [3.05, 3.63) is 71.8 Å². The number of urea groups is 1. The molecule has 0 radical (unpaired) electrons. The summed E-state index contributed by atoms with van der Waals surface area (Å²) in [6, 6.07) is 17.7. The zero-order valence-corrected chi connectivity index (χ0v) is 21.9. The highest BCUT2D eigenvalue weighted by Crippen LogP contribution is 2.41. The highest BCUT2D eigenvalue weighted by Gasteiger charge is 2.25. The van der Waals surface area contributed by atoms with Gasteiger partial charge in [-0.2, -0.15) is 0 Å². The number of imidazole rings is 1. The van der Waals surface area contributed by atoms with Gasteiger partial charge >= 0.3 is 6.03 Å². The lowest BCUT2D eigenvalue weighted by Gasteiger charge is -2.29. The summed E-state index contributed by atoms with van der Waals surface area (Å²) in [4.78, 5) is 21.0. The van der Waals surface area contributed by atoms with Crippen LogP contribution in [0.1, 0.15) is 56.6 Å². The Labute approximate surface area is 222 Å². The molecular weight excluding hydrogens is 476 g/mol. The van der Waals surface area contributed by atoms with Crippen LogP contribution in [0.4, 0.5) is 16.2 Å². The van der Waals surface area contributed by atoms with Crippen molar-refractivity contribution in [1.29, 1.82) is 0 Å². The average molecular weight is 509 g/mol. The Morgan fingerprint density at radius 2 is 1.84 bits per heavy atom. The van der Waals surface area contributed by atoms with E-state index in [1.807, 2.05) is 50.3 Å². The van der Waals surface area contributed by atoms with Gasteiger partial charge in [0.1, 0.15) is 17.2 Å². The summed E-state index contributed by atoms with van der Waals surface area (Å²) in [5.74, 6) is 2.78. The molecule has 2 amide bonds. The molecular formula is C31H32N4O3. The van der Waals surface area contributed by atoms with E-state index in [4.69, 9.17) is 14.5 Å². The van der Waals surface area contributed by atoms with Gasteiger partial charge in [-0.05, 0) is 80.7 Å². The fourth-order valence-corrected chi connectivity index (χ4v) is 5.43. The molecule has 0 saturated heterocycles. The van der Waals surface area contributed by atoms with Gasteiger partial charge in [0.05, 0.1) is 29.4 Å². The van der Waals surface area contributed by atoms with Crippen molar-refractivity contribution < 1.29 is 14.3 Å². The lowest BCUT2D eigenvalue weighted by molar-refractivity contribution is 0.158. The Balaban J connectivity index is 1.17. The number of carbonyl (C=O) groups is 1. The van der Waals surface area contributed by atoms with Crippen molar-refractivity contribution in [1.82, 2.24) is 9.97 Å². The van der Waals surface area contributed by atoms with E-state index >= 15 is 0 Å². The summed E-state index contributed by atoms with van der Waals surface area (Å²) in [5.41, 5.74) is 5.78. The zero-order chi connectivity index (χ0) is 26.3. The Morgan fingerprint density at radius 3 is 2.61 bits per heavy atom. The first-order chi connectivity index (χ1) is 18.4. The number of fused-ring (bicyclic) bond motifs is 2. The molecule has 7 nitrogen and oxygen atoms in total. The van der Waals surface area contributed by atoms with Crippen LogP contribution >= 0.6 is 0 Å². The topological polar surface area (TPSA) is 88.3 Å². The van der Waals surface area contributed by atoms with Gasteiger partial charge in [0.2, 0.25) is 0 Å². The number of hydrogen-bond donors (Lipinski definition) is 3. The van der Waals surface area contributed by atoms with E-state index in [-0.39, 0.29) is 6.03 Å². The van der Waals surface area contributed by atoms with Crippen molar-refractivity contribution >= 4 is 34.5 Å². The molecule has 1 aliphatic carbocycles. The van der Waals surface area contributed by atoms with Gasteiger partial charge in [-0.15, -0.1) is 0 Å². The van der Waals surface area contributed by atoms with Crippen LogP contribution in [0.5, 0.6) is 11.5 Å². The summed E-state index contributed by atoms with van der Waals surface area (Å²) >= 11 is 0. The molecule has 2 aliphatic rings. The van der Waals surface area contributed by atoms with Gasteiger partial charge in [0, 0.05) is 11.3 Å². The number of nitrogens with zero attached hydrogens (tertiary/aromatic N) is 1. The third-order valence-electron chi connectivity index (χ3n) is 7.38. The van der Waals surface area contributed by atoms with E-state index in [9.17, 15) is 4.79 Å². The van der Waals surface area contributed by atoms with Crippen molar-refractivity contribution in [2.45, 2.75) is 51.0 Å². The maximum absolute atomic E-state index is 12.9. The maximum atomic E-state index is 12.9. The molecule has 194 valence electrons. The second-order valence-electron chi connectivity index (χ2n) is 10.6. The van der Waals surface area contributed by atoms with Crippen molar-refractivity contribution in [2.75, 3.05) is 17.7 Å². The number of carbonyl (C=O) groups excluding carboxylic acids is 1. The van der Waals surface area contributed by atoms with Crippen LogP contribution in [0.25, 0.3) is 28.5 Å². The molecule has 4 aromatic rings. The summed E-state index contributed by atoms with van der Waals surface area (Å²) in [5, 5.41) is 5.80. The van der Waals surface area contributed by atoms with Crippen molar-refractivity contribution in [3.8, 4) is 22.9 Å². The summed E-state index contributed by atoms with van der Waals surface area (Å²) < 4.78 is 11.6. The van der Waals surface area contributed by atoms with E-state index in [2.05, 4.69) is 39.9 Å². The van der Waals surface area contributed by atoms with Crippen LogP contribution in [0, 0.1) is 0 Å². The standard InChI is InChI=1S/C31H32N4O3/c1-31(2)17-16-23-27(38-31)15-14-25(28(23)37-3)35-30(36)32-22-12-13-24-26(18-22)34-29(33-24)21-10-8-20(9-11-21)19-6-4-5-7-19/h8-19H,4-7H2,1-3H3,(H,33,34)(H2,32,35,36). The van der Waals surface area contributed by atoms with Crippen LogP contribution in [0.15, 0.2) is 60.7 Å². The van der Waals surface area contributed by atoms with Gasteiger partial charge in [-0.3, -0.25) is 0 Å². The quantitative estimate of drug-likeness (QED) is 0.257. The number of aromatic nitrogens is 2. The van der Waals surface area contributed by atoms with Gasteiger partial charge in [0.15, 0.2) is 5.75 Å². The molecule has 1 aliphatic heterocycles. The minimum absolute atomic E-state index is 0.373. The average Bonchev–Trinajstić information content (AvgIpc) is 3.58. The first-order valence-electron chi connectivity index (χ1n) is 13.2. The smallest absolute Gasteiger partial charge is 0.323 e. The molecule has 2 heterocycles. The minimum Gasteiger partial charge on any atom is -0.494 e. The monoisotopic (exact) mass is 508 g/mol. The number of H-pyrrole nitrogens is 1. The van der Waals surface area contributed by atoms with Crippen LogP contribution in [0.3, 0.4) is 0 Å². The van der Waals surface area contributed by atoms with E-state index in [1.54, 1.807) is 13.2 Å². The fourth-order valence-electron chi connectivity index (χ4n) is 5.43. The number of rotatable bonds is 5. The van der Waals surface area contributed by atoms with Gasteiger partial charge in [-0.25, -0.2) is 9.78 Å². The first kappa shape index (κ1) is 24.1. The first-order valence-corrected chi connectivity index (χ1v) is 13.2. The highest BCUT2D eigenvalue weighted by atomic mass is 16.5. The Bertz CT molecular complexity index is 1530. The molecule has 1 fully saturated rings. The number of anilines is 2. The molecule has 1 aromatic heterocycles. The van der Waals surface area contributed by atoms with E-state index in [1.165, 1.54) is 31.2 Å². The Hall–Kier alpha value is -4.26. The molecule has 0 bridgehead atoms. The highest BCUT2D eigenvalue weighted by molar-refractivity contribution is 6.02. The number of aromatic amines is 1. The molecule has 7 heteroatoms. The maximum Gasteiger partial charge on any atom is 0.323 e. The minimum atomic E-state index is -0.395. The number of nitrogens with one attached hydrogen (secondary N) is 3. The number of methoxy groups -OCH3 is 1. The number of benzene rings is 3. The normalized spacial score (nSPS) is 16.2. The van der Waals surface area contributed by atoms with Crippen LogP contribution in [-0.2, 0) is 0 Å². The number of hydrogen-bond acceptors (Lipinski definition) is 4. The Morgan fingerprint density at radius 1 is 1.05 bits per heavy atom. The number of ether oxygens (including phenoxy) is 2. The second-order valence-corrected chi connectivity index (χ2v) is 10.6. The van der Waals surface area contributed by atoms with Crippen LogP contribution in [0.2, 0.25) is 0 Å². The largest absolute Gasteiger partial charge is 0.494 e. The number of amides is 2. The lowest BCUT2D eigenvalue weighted by Crippen LogP contribution is -2.27. The Kier molecular flexibility index (Phi) is 6.06. The van der Waals surface area contributed by atoms with E-state index < -0.39 is 5.60 Å². The summed E-state index contributed by atoms with van der Waals surface area (Å²) in [6.45, 7) is 3.98. The van der Waals surface area contributed by atoms with Gasteiger partial charge < -0.3 is 25.1 Å². The lowest BCUT2D eigenvalue weighted by atomic mass is 9.97. The zero-order valence-electron chi connectivity index (χ0n) is 21.9. The molecule has 38 heavy (non-hydrogen) atoms. The van der Waals surface area contributed by atoms with Gasteiger partial charge in [0.25, 0.3) is 0 Å². The molecule has 0 spiro atoms. The third-order valence-corrected chi connectivity index (χ3v) is 7.38. The van der Waals surface area contributed by atoms with E-state index in [0.717, 1.165) is 28.0 Å². The van der Waals surface area contributed by atoms with Gasteiger partial charge in [-0.1, -0.05) is 37.1 Å². The van der Waals surface area contributed by atoms with Crippen molar-refractivity contribution in [2.24, 2.45) is 0 Å². The second kappa shape index (κ2) is 9.56. The predicted octanol–water partition coefficient (Wildman–Crippen LogP) is 7.72. The molecule has 0 atom stereocenters. The summed E-state index contributed by atoms with van der Waals surface area (Å²) in [7, 11) is 1.58. The van der Waals surface area contributed by atoms with Crippen LogP contribution < -0.4 is 20.1 Å². The van der Waals surface area contributed by atoms with Crippen molar-refractivity contribution in [3.63, 3.8) is 0 Å². The molecule has 3 aromatic carbocycles. The van der Waals surface area contributed by atoms with Crippen LogP contribution in [-0.4, -0.2) is 28.7 Å². The molecule has 0 unspecified atom stereocenters.